The number of aliphatic hydroxyl groups excluding tert-OH is 1. The molecule has 1 unspecified atom stereocenters. The van der Waals surface area contributed by atoms with E-state index in [2.05, 4.69) is 4.98 Å². The third kappa shape index (κ3) is 1.62. The van der Waals surface area contributed by atoms with Gasteiger partial charge in [0.25, 0.3) is 0 Å². The second-order valence-electron chi connectivity index (χ2n) is 3.79. The summed E-state index contributed by atoms with van der Waals surface area (Å²) in [5.41, 5.74) is 8.70. The number of imidazole rings is 1. The minimum Gasteiger partial charge on any atom is -0.394 e. The fraction of sp³-hybridized carbons (Fsp3) is 0.364. The van der Waals surface area contributed by atoms with E-state index in [1.165, 1.54) is 0 Å². The lowest BCUT2D eigenvalue weighted by Gasteiger charge is -2.05. The van der Waals surface area contributed by atoms with Crippen LogP contribution in [0.1, 0.15) is 23.1 Å². The van der Waals surface area contributed by atoms with E-state index < -0.39 is 6.04 Å². The summed E-state index contributed by atoms with van der Waals surface area (Å²) in [6, 6.07) is 3.65. The Labute approximate surface area is 88.4 Å². The maximum absolute atomic E-state index is 9.05. The first-order chi connectivity index (χ1) is 7.13. The number of nitrogens with two attached hydrogens (primary N) is 1. The van der Waals surface area contributed by atoms with Crippen molar-refractivity contribution in [1.29, 1.82) is 0 Å². The highest BCUT2D eigenvalue weighted by Gasteiger charge is 2.14. The number of nitrogens with zero attached hydrogens (tertiary/aromatic N) is 2. The Balaban J connectivity index is 2.69. The molecule has 4 nitrogen and oxygen atoms in total. The van der Waals surface area contributed by atoms with Gasteiger partial charge in [0.2, 0.25) is 0 Å². The van der Waals surface area contributed by atoms with Gasteiger partial charge >= 0.3 is 0 Å². The van der Waals surface area contributed by atoms with E-state index in [4.69, 9.17) is 10.8 Å². The van der Waals surface area contributed by atoms with Crippen LogP contribution in [0, 0.1) is 13.8 Å². The number of pyridine rings is 1. The van der Waals surface area contributed by atoms with E-state index in [1.54, 1.807) is 0 Å². The Kier molecular flexibility index (Phi) is 2.46. The fourth-order valence-electron chi connectivity index (χ4n) is 1.73. The monoisotopic (exact) mass is 205 g/mol. The minimum absolute atomic E-state index is 0.0833. The zero-order valence-electron chi connectivity index (χ0n) is 8.94. The molecular weight excluding hydrogens is 190 g/mol. The average molecular weight is 205 g/mol. The van der Waals surface area contributed by atoms with Crippen molar-refractivity contribution in [2.24, 2.45) is 5.73 Å². The molecule has 2 aromatic heterocycles. The van der Waals surface area contributed by atoms with Gasteiger partial charge in [-0.15, -0.1) is 0 Å². The van der Waals surface area contributed by atoms with Crippen LogP contribution in [0.5, 0.6) is 0 Å². The summed E-state index contributed by atoms with van der Waals surface area (Å²) in [6.45, 7) is 3.87. The fourth-order valence-corrected chi connectivity index (χ4v) is 1.73. The summed E-state index contributed by atoms with van der Waals surface area (Å²) in [5.74, 6) is 0.893. The highest BCUT2D eigenvalue weighted by Crippen LogP contribution is 2.19. The molecule has 0 radical (unpaired) electrons. The number of rotatable bonds is 2. The zero-order chi connectivity index (χ0) is 11.0. The van der Waals surface area contributed by atoms with E-state index in [0.29, 0.717) is 0 Å². The van der Waals surface area contributed by atoms with Crippen LogP contribution in [0.2, 0.25) is 0 Å². The van der Waals surface area contributed by atoms with Gasteiger partial charge in [-0.25, -0.2) is 4.98 Å². The lowest BCUT2D eigenvalue weighted by Crippen LogP contribution is -2.15. The predicted octanol–water partition coefficient (Wildman–Crippen LogP) is 0.943. The third-order valence-electron chi connectivity index (χ3n) is 2.55. The first kappa shape index (κ1) is 10.1. The van der Waals surface area contributed by atoms with Crippen LogP contribution in [0.3, 0.4) is 0 Å². The van der Waals surface area contributed by atoms with E-state index in [9.17, 15) is 0 Å². The van der Waals surface area contributed by atoms with Crippen LogP contribution in [-0.2, 0) is 0 Å². The van der Waals surface area contributed by atoms with Gasteiger partial charge in [0.15, 0.2) is 0 Å². The number of fused-ring (bicyclic) bond motifs is 1. The molecule has 0 bridgehead atoms. The van der Waals surface area contributed by atoms with Gasteiger partial charge in [0.1, 0.15) is 5.82 Å². The van der Waals surface area contributed by atoms with Crippen LogP contribution < -0.4 is 5.73 Å². The lowest BCUT2D eigenvalue weighted by atomic mass is 10.2. The van der Waals surface area contributed by atoms with Gasteiger partial charge in [0.05, 0.1) is 23.9 Å². The maximum Gasteiger partial charge on any atom is 0.110 e. The Bertz CT molecular complexity index is 490. The van der Waals surface area contributed by atoms with Crippen molar-refractivity contribution in [1.82, 2.24) is 9.38 Å². The van der Waals surface area contributed by atoms with Crippen molar-refractivity contribution in [3.05, 3.63) is 35.4 Å². The molecule has 0 saturated heterocycles. The number of aromatic nitrogens is 2. The Morgan fingerprint density at radius 2 is 2.27 bits per heavy atom. The smallest absolute Gasteiger partial charge is 0.110 e. The quantitative estimate of drug-likeness (QED) is 0.767. The predicted molar refractivity (Wildman–Crippen MR) is 58.7 cm³/mol. The molecule has 0 aliphatic rings. The van der Waals surface area contributed by atoms with E-state index in [1.807, 2.05) is 36.6 Å². The van der Waals surface area contributed by atoms with Gasteiger partial charge in [-0.05, 0) is 31.5 Å². The molecule has 3 N–H and O–H groups in total. The van der Waals surface area contributed by atoms with Crippen LogP contribution in [0.25, 0.3) is 5.52 Å². The topological polar surface area (TPSA) is 63.5 Å². The molecule has 2 heterocycles. The normalized spacial score (nSPS) is 13.3. The van der Waals surface area contributed by atoms with Crippen molar-refractivity contribution in [3.8, 4) is 0 Å². The van der Waals surface area contributed by atoms with E-state index in [0.717, 1.165) is 22.6 Å². The molecule has 1 atom stereocenters. The molecular formula is C11H15N3O. The molecule has 0 amide bonds. The third-order valence-corrected chi connectivity index (χ3v) is 2.55. The Morgan fingerprint density at radius 1 is 1.53 bits per heavy atom. The summed E-state index contributed by atoms with van der Waals surface area (Å²) in [5, 5.41) is 9.05. The summed E-state index contributed by atoms with van der Waals surface area (Å²) in [7, 11) is 0. The molecule has 0 saturated carbocycles. The second-order valence-corrected chi connectivity index (χ2v) is 3.79. The molecule has 0 aliphatic heterocycles. The SMILES string of the molecule is Cc1ccn2c(C)nc(C(N)CO)c2c1. The Morgan fingerprint density at radius 3 is 2.93 bits per heavy atom. The molecule has 80 valence electrons. The number of aliphatic hydroxyl groups is 1. The van der Waals surface area contributed by atoms with Gasteiger partial charge in [-0.2, -0.15) is 0 Å². The number of hydrogen-bond acceptors (Lipinski definition) is 3. The van der Waals surface area contributed by atoms with Crippen molar-refractivity contribution in [3.63, 3.8) is 0 Å². The van der Waals surface area contributed by atoms with Crippen molar-refractivity contribution < 1.29 is 5.11 Å². The molecule has 0 fully saturated rings. The van der Waals surface area contributed by atoms with Gasteiger partial charge in [-0.1, -0.05) is 0 Å². The summed E-state index contributed by atoms with van der Waals surface area (Å²) in [6.07, 6.45) is 1.97. The van der Waals surface area contributed by atoms with Gasteiger partial charge in [-0.3, -0.25) is 0 Å². The van der Waals surface area contributed by atoms with Crippen LogP contribution in [0.4, 0.5) is 0 Å². The standard InChI is InChI=1S/C11H15N3O/c1-7-3-4-14-8(2)13-11(9(12)6-15)10(14)5-7/h3-5,9,15H,6,12H2,1-2H3. The number of aryl methyl sites for hydroxylation is 2. The van der Waals surface area contributed by atoms with Crippen LogP contribution in [-0.4, -0.2) is 21.1 Å². The molecule has 0 aromatic carbocycles. The lowest BCUT2D eigenvalue weighted by molar-refractivity contribution is 0.266. The summed E-state index contributed by atoms with van der Waals surface area (Å²) >= 11 is 0. The highest BCUT2D eigenvalue weighted by molar-refractivity contribution is 5.56. The highest BCUT2D eigenvalue weighted by atomic mass is 16.3. The largest absolute Gasteiger partial charge is 0.394 e. The Hall–Kier alpha value is -1.39. The maximum atomic E-state index is 9.05. The molecule has 15 heavy (non-hydrogen) atoms. The molecule has 0 spiro atoms. The summed E-state index contributed by atoms with van der Waals surface area (Å²) < 4.78 is 1.98. The van der Waals surface area contributed by atoms with Gasteiger partial charge < -0.3 is 15.2 Å². The molecule has 4 heteroatoms. The van der Waals surface area contributed by atoms with E-state index in [-0.39, 0.29) is 6.61 Å². The zero-order valence-corrected chi connectivity index (χ0v) is 8.94. The van der Waals surface area contributed by atoms with Crippen molar-refractivity contribution in [2.45, 2.75) is 19.9 Å². The first-order valence-electron chi connectivity index (χ1n) is 4.95. The summed E-state index contributed by atoms with van der Waals surface area (Å²) in [4.78, 5) is 4.38. The average Bonchev–Trinajstić information content (AvgIpc) is 2.54. The van der Waals surface area contributed by atoms with Crippen molar-refractivity contribution >= 4 is 5.52 Å². The van der Waals surface area contributed by atoms with Gasteiger partial charge in [0, 0.05) is 6.20 Å². The molecule has 0 aliphatic carbocycles. The second kappa shape index (κ2) is 3.64. The van der Waals surface area contributed by atoms with Crippen LogP contribution >= 0.6 is 0 Å². The molecule has 2 aromatic rings. The van der Waals surface area contributed by atoms with E-state index >= 15 is 0 Å². The molecule has 2 rings (SSSR count). The van der Waals surface area contributed by atoms with Crippen molar-refractivity contribution in [2.75, 3.05) is 6.61 Å². The number of hydrogen-bond donors (Lipinski definition) is 2. The first-order valence-corrected chi connectivity index (χ1v) is 4.95. The minimum atomic E-state index is -0.407. The van der Waals surface area contributed by atoms with Crippen LogP contribution in [0.15, 0.2) is 18.3 Å².